The summed E-state index contributed by atoms with van der Waals surface area (Å²) in [5, 5.41) is 0. The van der Waals surface area contributed by atoms with E-state index >= 15 is 0 Å². The molecule has 1 atom stereocenters. The first kappa shape index (κ1) is 29.4. The summed E-state index contributed by atoms with van der Waals surface area (Å²) < 4.78 is 28.3. The molecule has 0 heterocycles. The van der Waals surface area contributed by atoms with Gasteiger partial charge in [0.05, 0.1) is 0 Å². The first-order chi connectivity index (χ1) is 13.6. The third kappa shape index (κ3) is 12.1. The van der Waals surface area contributed by atoms with Crippen molar-refractivity contribution in [3.63, 3.8) is 0 Å². The summed E-state index contributed by atoms with van der Waals surface area (Å²) >= 11 is -2.34. The summed E-state index contributed by atoms with van der Waals surface area (Å²) in [6, 6.07) is 0. The number of rotatable bonds is 18. The van der Waals surface area contributed by atoms with Crippen LogP contribution in [0.2, 0.25) is 33.0 Å². The fourth-order valence-corrected chi connectivity index (χ4v) is 20.1. The Bertz CT molecular complexity index is 450. The van der Waals surface area contributed by atoms with Gasteiger partial charge in [0.1, 0.15) is 0 Å². The van der Waals surface area contributed by atoms with E-state index in [1.54, 1.807) is 0 Å². The van der Waals surface area contributed by atoms with Crippen molar-refractivity contribution in [1.29, 1.82) is 0 Å². The number of hydrogen-bond donors (Lipinski definition) is 0. The molecule has 0 rings (SSSR count). The Labute approximate surface area is 188 Å². The van der Waals surface area contributed by atoms with E-state index in [0.29, 0.717) is 6.42 Å². The van der Waals surface area contributed by atoms with E-state index in [1.807, 2.05) is 0 Å². The van der Waals surface area contributed by atoms with E-state index in [0.717, 1.165) is 19.3 Å². The molecule has 0 bridgehead atoms. The standard InChI is InChI=1S/C13H24FOSi.3C4H9.Sn/c1-7-9-11-13(10-8-2,12(3)14)15-16(4,5)6;3*1-3-4-2;/h2,8H,3,7,9-11H2,1,4-6H3;3*1,3-4H2,2H3;. The molecule has 4 heteroatoms. The summed E-state index contributed by atoms with van der Waals surface area (Å²) in [4.78, 5) is 0. The van der Waals surface area contributed by atoms with Crippen LogP contribution < -0.4 is 0 Å². The van der Waals surface area contributed by atoms with Gasteiger partial charge in [-0.05, 0) is 0 Å². The van der Waals surface area contributed by atoms with Crippen LogP contribution in [0.5, 0.6) is 0 Å². The molecule has 0 amide bonds. The maximum atomic E-state index is 14.8. The molecule has 0 aliphatic carbocycles. The Hall–Kier alpha value is 0.386. The third-order valence-electron chi connectivity index (χ3n) is 5.93. The molecule has 0 fully saturated rings. The molecule has 0 saturated carbocycles. The van der Waals surface area contributed by atoms with Crippen molar-refractivity contribution in [2.24, 2.45) is 0 Å². The molecule has 0 aromatic heterocycles. The van der Waals surface area contributed by atoms with Crippen LogP contribution in [0, 0.1) is 0 Å². The van der Waals surface area contributed by atoms with Crippen molar-refractivity contribution in [2.45, 2.75) is 130 Å². The van der Waals surface area contributed by atoms with Crippen molar-refractivity contribution >= 4 is 26.7 Å². The monoisotopic (exact) mass is 534 g/mol. The van der Waals surface area contributed by atoms with Gasteiger partial charge < -0.3 is 0 Å². The van der Waals surface area contributed by atoms with Crippen molar-refractivity contribution in [2.75, 3.05) is 0 Å². The van der Waals surface area contributed by atoms with E-state index in [2.05, 4.69) is 64.1 Å². The van der Waals surface area contributed by atoms with Crippen molar-refractivity contribution in [3.05, 3.63) is 22.6 Å². The normalized spacial score (nSPS) is 15.0. The molecule has 1 unspecified atom stereocenters. The van der Waals surface area contributed by atoms with E-state index < -0.39 is 32.3 Å². The summed E-state index contributed by atoms with van der Waals surface area (Å²) in [7, 11) is -1.88. The second kappa shape index (κ2) is 15.2. The van der Waals surface area contributed by atoms with Crippen LogP contribution >= 0.6 is 0 Å². The van der Waals surface area contributed by atoms with Gasteiger partial charge in [0.25, 0.3) is 0 Å². The molecule has 0 N–H and O–H groups in total. The minimum absolute atomic E-state index is 0.269. The number of hydrogen-bond acceptors (Lipinski definition) is 1. The van der Waals surface area contributed by atoms with Crippen LogP contribution in [0.25, 0.3) is 0 Å². The molecule has 0 aromatic rings. The van der Waals surface area contributed by atoms with Gasteiger partial charge in [-0.2, -0.15) is 0 Å². The van der Waals surface area contributed by atoms with Crippen molar-refractivity contribution in [3.8, 4) is 0 Å². The Morgan fingerprint density at radius 2 is 1.34 bits per heavy atom. The zero-order valence-electron chi connectivity index (χ0n) is 20.8. The average Bonchev–Trinajstić information content (AvgIpc) is 2.65. The van der Waals surface area contributed by atoms with E-state index in [9.17, 15) is 4.39 Å². The van der Waals surface area contributed by atoms with Crippen LogP contribution in [0.15, 0.2) is 22.6 Å². The first-order valence-electron chi connectivity index (χ1n) is 12.3. The van der Waals surface area contributed by atoms with E-state index in [-0.39, 0.29) is 5.83 Å². The van der Waals surface area contributed by atoms with Gasteiger partial charge in [0.15, 0.2) is 0 Å². The topological polar surface area (TPSA) is 9.23 Å². The van der Waals surface area contributed by atoms with Gasteiger partial charge in [0.2, 0.25) is 0 Å². The summed E-state index contributed by atoms with van der Waals surface area (Å²) in [6.07, 6.45) is 13.7. The minimum atomic E-state index is -2.34. The Kier molecular flexibility index (Phi) is 15.4. The van der Waals surface area contributed by atoms with E-state index in [4.69, 9.17) is 4.43 Å². The fourth-order valence-electron chi connectivity index (χ4n) is 4.26. The van der Waals surface area contributed by atoms with Crippen LogP contribution in [0.3, 0.4) is 0 Å². The molecule has 0 aliphatic heterocycles. The molecule has 0 aromatic carbocycles. The zero-order valence-corrected chi connectivity index (χ0v) is 24.7. The predicted octanol–water partition coefficient (Wildman–Crippen LogP) is 9.58. The molecule has 0 saturated heterocycles. The van der Waals surface area contributed by atoms with Crippen LogP contribution in [0.4, 0.5) is 4.39 Å². The number of unbranched alkanes of at least 4 members (excludes halogenated alkanes) is 4. The third-order valence-corrected chi connectivity index (χ3v) is 21.2. The van der Waals surface area contributed by atoms with Gasteiger partial charge >= 0.3 is 189 Å². The second-order valence-corrected chi connectivity index (χ2v) is 27.4. The van der Waals surface area contributed by atoms with Gasteiger partial charge in [-0.1, -0.05) is 0 Å². The number of halogens is 1. The maximum absolute atomic E-state index is 14.8. The predicted molar refractivity (Wildman–Crippen MR) is 136 cm³/mol. The molecular formula is C25H51FOSiSn. The van der Waals surface area contributed by atoms with Crippen molar-refractivity contribution < 1.29 is 8.82 Å². The average molecular weight is 533 g/mol. The van der Waals surface area contributed by atoms with Gasteiger partial charge in [-0.15, -0.1) is 0 Å². The van der Waals surface area contributed by atoms with Crippen LogP contribution in [-0.2, 0) is 4.43 Å². The summed E-state index contributed by atoms with van der Waals surface area (Å²) in [5.41, 5.74) is -0.811. The van der Waals surface area contributed by atoms with Crippen LogP contribution in [-0.4, -0.2) is 32.3 Å². The molecule has 0 radical (unpaired) electrons. The first-order valence-corrected chi connectivity index (χ1v) is 23.4. The Balaban J connectivity index is 5.71. The SMILES string of the molecule is C=C(F)C(C/C=[CH]/[Sn]([CH2]CCC)([CH2]CCC)[CH2]CCC)(CCCC)O[Si](C)(C)C. The van der Waals surface area contributed by atoms with Crippen LogP contribution in [0.1, 0.15) is 91.9 Å². The Morgan fingerprint density at radius 3 is 1.69 bits per heavy atom. The molecule has 0 spiro atoms. The zero-order chi connectivity index (χ0) is 22.4. The van der Waals surface area contributed by atoms with E-state index in [1.165, 1.54) is 51.8 Å². The molecule has 29 heavy (non-hydrogen) atoms. The Morgan fingerprint density at radius 1 is 0.897 bits per heavy atom. The quantitative estimate of drug-likeness (QED) is 0.159. The van der Waals surface area contributed by atoms with Gasteiger partial charge in [0, 0.05) is 0 Å². The van der Waals surface area contributed by atoms with Crippen molar-refractivity contribution in [1.82, 2.24) is 0 Å². The molecule has 1 nitrogen and oxygen atoms in total. The summed E-state index contributed by atoms with van der Waals surface area (Å²) in [6.45, 7) is 19.3. The van der Waals surface area contributed by atoms with Gasteiger partial charge in [-0.25, -0.2) is 0 Å². The summed E-state index contributed by atoms with van der Waals surface area (Å²) in [5.74, 6) is -0.269. The molecular weight excluding hydrogens is 482 g/mol. The molecule has 0 aliphatic rings. The van der Waals surface area contributed by atoms with Gasteiger partial charge in [-0.3, -0.25) is 0 Å². The second-order valence-electron chi connectivity index (χ2n) is 10.00. The fraction of sp³-hybridized carbons (Fsp3) is 0.840. The molecule has 172 valence electrons.